The first-order valence-electron chi connectivity index (χ1n) is 10.3. The van der Waals surface area contributed by atoms with Crippen molar-refractivity contribution < 1.29 is 0 Å². The normalized spacial score (nSPS) is 11.4. The lowest BCUT2D eigenvalue weighted by molar-refractivity contribution is 0.626. The van der Waals surface area contributed by atoms with Crippen LogP contribution in [-0.4, -0.2) is 19.7 Å². The number of thiophene rings is 1. The molecule has 0 bridgehead atoms. The van der Waals surface area contributed by atoms with Gasteiger partial charge in [-0.05, 0) is 25.5 Å². The highest BCUT2D eigenvalue weighted by molar-refractivity contribution is 7.98. The molecule has 0 spiro atoms. The Morgan fingerprint density at radius 2 is 1.90 bits per heavy atom. The van der Waals surface area contributed by atoms with Crippen LogP contribution in [0.3, 0.4) is 0 Å². The second-order valence-corrected chi connectivity index (χ2v) is 10.1. The first kappa shape index (κ1) is 20.4. The number of benzene rings is 2. The minimum atomic E-state index is 0.786. The van der Waals surface area contributed by atoms with E-state index in [0.717, 1.165) is 40.4 Å². The Bertz CT molecular complexity index is 1330. The Labute approximate surface area is 194 Å². The molecular formula is C24H22N4S3. The summed E-state index contributed by atoms with van der Waals surface area (Å²) in [5.74, 6) is 1.75. The third-order valence-corrected chi connectivity index (χ3v) is 7.96. The summed E-state index contributed by atoms with van der Waals surface area (Å²) in [5.41, 5.74) is 4.69. The van der Waals surface area contributed by atoms with E-state index < -0.39 is 0 Å². The van der Waals surface area contributed by atoms with Gasteiger partial charge in [0.05, 0.1) is 5.69 Å². The number of thiazole rings is 1. The molecule has 2 aromatic carbocycles. The van der Waals surface area contributed by atoms with Crippen molar-refractivity contribution in [3.63, 3.8) is 0 Å². The van der Waals surface area contributed by atoms with Gasteiger partial charge in [0.2, 0.25) is 0 Å². The molecule has 5 rings (SSSR count). The fourth-order valence-corrected chi connectivity index (χ4v) is 6.31. The molecule has 0 radical (unpaired) electrons. The van der Waals surface area contributed by atoms with Crippen molar-refractivity contribution in [2.75, 3.05) is 0 Å². The van der Waals surface area contributed by atoms with Gasteiger partial charge in [-0.25, -0.2) is 4.98 Å². The van der Waals surface area contributed by atoms with Crippen molar-refractivity contribution in [3.05, 3.63) is 70.5 Å². The minimum absolute atomic E-state index is 0.786. The highest BCUT2D eigenvalue weighted by Gasteiger charge is 2.17. The number of hydrogen-bond donors (Lipinski definition) is 0. The molecule has 3 heterocycles. The van der Waals surface area contributed by atoms with Gasteiger partial charge in [0.1, 0.15) is 5.01 Å². The predicted molar refractivity (Wildman–Crippen MR) is 133 cm³/mol. The predicted octanol–water partition coefficient (Wildman–Crippen LogP) is 7.29. The van der Waals surface area contributed by atoms with E-state index in [1.807, 2.05) is 0 Å². The molecule has 0 aliphatic rings. The molecule has 0 aliphatic heterocycles. The maximum absolute atomic E-state index is 4.85. The number of fused-ring (bicyclic) bond motifs is 1. The maximum Gasteiger partial charge on any atom is 0.191 e. The molecule has 0 aliphatic carbocycles. The van der Waals surface area contributed by atoms with Crippen LogP contribution in [0.5, 0.6) is 0 Å². The van der Waals surface area contributed by atoms with E-state index >= 15 is 0 Å². The van der Waals surface area contributed by atoms with Crippen molar-refractivity contribution in [2.45, 2.75) is 37.7 Å². The minimum Gasteiger partial charge on any atom is -0.302 e. The van der Waals surface area contributed by atoms with E-state index in [9.17, 15) is 0 Å². The van der Waals surface area contributed by atoms with E-state index in [0.29, 0.717) is 0 Å². The van der Waals surface area contributed by atoms with Crippen molar-refractivity contribution in [1.29, 1.82) is 0 Å². The van der Waals surface area contributed by atoms with Crippen LogP contribution in [-0.2, 0) is 12.3 Å². The standard InChI is InChI=1S/C24H22N4S3/c1-3-11-28-22(20-15-29-21-10-5-4-9-19(20)21)26-27-24(28)31-14-18-13-30-23(25-18)17-8-6-7-16(2)12-17/h4-10,12-13,15H,3,11,14H2,1-2H3. The molecule has 0 saturated heterocycles. The zero-order valence-corrected chi connectivity index (χ0v) is 19.9. The second kappa shape index (κ2) is 8.94. The van der Waals surface area contributed by atoms with E-state index in [4.69, 9.17) is 4.98 Å². The number of hydrogen-bond acceptors (Lipinski definition) is 6. The molecule has 0 unspecified atom stereocenters. The van der Waals surface area contributed by atoms with Crippen LogP contribution in [0.4, 0.5) is 0 Å². The van der Waals surface area contributed by atoms with Crippen LogP contribution in [0.1, 0.15) is 24.6 Å². The number of aryl methyl sites for hydroxylation is 1. The Balaban J connectivity index is 1.39. The fourth-order valence-electron chi connectivity index (χ4n) is 3.59. The third-order valence-electron chi connectivity index (χ3n) is 5.05. The Morgan fingerprint density at radius 1 is 1.00 bits per heavy atom. The van der Waals surface area contributed by atoms with Gasteiger partial charge in [-0.15, -0.1) is 32.9 Å². The first-order valence-corrected chi connectivity index (χ1v) is 13.0. The average Bonchev–Trinajstić information content (AvgIpc) is 3.51. The number of nitrogens with zero attached hydrogens (tertiary/aromatic N) is 4. The first-order chi connectivity index (χ1) is 15.2. The molecule has 0 atom stereocenters. The van der Waals surface area contributed by atoms with Gasteiger partial charge in [-0.1, -0.05) is 60.6 Å². The summed E-state index contributed by atoms with van der Waals surface area (Å²) >= 11 is 5.17. The van der Waals surface area contributed by atoms with E-state index in [1.165, 1.54) is 26.8 Å². The van der Waals surface area contributed by atoms with Crippen LogP contribution < -0.4 is 0 Å². The summed E-state index contributed by atoms with van der Waals surface area (Å²) in [4.78, 5) is 4.85. The van der Waals surface area contributed by atoms with Crippen LogP contribution in [0, 0.1) is 6.92 Å². The van der Waals surface area contributed by atoms with E-state index in [1.54, 1.807) is 34.4 Å². The molecule has 0 N–H and O–H groups in total. The molecule has 0 saturated carbocycles. The number of thioether (sulfide) groups is 1. The zero-order chi connectivity index (χ0) is 21.2. The zero-order valence-electron chi connectivity index (χ0n) is 17.4. The molecule has 156 valence electrons. The van der Waals surface area contributed by atoms with Crippen LogP contribution in [0.25, 0.3) is 32.0 Å². The van der Waals surface area contributed by atoms with Crippen LogP contribution in [0.15, 0.2) is 64.4 Å². The lowest BCUT2D eigenvalue weighted by Gasteiger charge is -2.08. The van der Waals surface area contributed by atoms with Gasteiger partial charge in [-0.3, -0.25) is 0 Å². The summed E-state index contributed by atoms with van der Waals surface area (Å²) < 4.78 is 3.54. The van der Waals surface area contributed by atoms with Gasteiger partial charge >= 0.3 is 0 Å². The molecule has 7 heteroatoms. The third kappa shape index (κ3) is 4.18. The average molecular weight is 463 g/mol. The van der Waals surface area contributed by atoms with Gasteiger partial charge in [0.25, 0.3) is 0 Å². The molecular weight excluding hydrogens is 440 g/mol. The molecule has 0 fully saturated rings. The molecule has 3 aromatic heterocycles. The van der Waals surface area contributed by atoms with Gasteiger partial charge in [0.15, 0.2) is 11.0 Å². The monoisotopic (exact) mass is 462 g/mol. The van der Waals surface area contributed by atoms with Crippen LogP contribution >= 0.6 is 34.4 Å². The smallest absolute Gasteiger partial charge is 0.191 e. The van der Waals surface area contributed by atoms with E-state index in [-0.39, 0.29) is 0 Å². The quantitative estimate of drug-likeness (QED) is 0.238. The molecule has 0 amide bonds. The highest BCUT2D eigenvalue weighted by atomic mass is 32.2. The van der Waals surface area contributed by atoms with E-state index in [2.05, 4.69) is 87.9 Å². The Hall–Kier alpha value is -2.48. The number of rotatable bonds is 7. The van der Waals surface area contributed by atoms with Gasteiger partial charge in [-0.2, -0.15) is 0 Å². The molecule has 5 aromatic rings. The largest absolute Gasteiger partial charge is 0.302 e. The second-order valence-electron chi connectivity index (χ2n) is 7.41. The van der Waals surface area contributed by atoms with Crippen molar-refractivity contribution >= 4 is 44.5 Å². The lowest BCUT2D eigenvalue weighted by Crippen LogP contribution is -2.01. The summed E-state index contributed by atoms with van der Waals surface area (Å²) in [6.45, 7) is 5.21. The van der Waals surface area contributed by atoms with Crippen LogP contribution in [0.2, 0.25) is 0 Å². The SMILES string of the molecule is CCCn1c(SCc2csc(-c3cccc(C)c3)n2)nnc1-c1csc2ccccc12. The van der Waals surface area contributed by atoms with Crippen molar-refractivity contribution in [3.8, 4) is 22.0 Å². The topological polar surface area (TPSA) is 43.6 Å². The van der Waals surface area contributed by atoms with Gasteiger partial charge in [0, 0.05) is 44.3 Å². The summed E-state index contributed by atoms with van der Waals surface area (Å²) in [5, 5.41) is 16.7. The highest BCUT2D eigenvalue weighted by Crippen LogP contribution is 2.35. The molecule has 4 nitrogen and oxygen atoms in total. The Kier molecular flexibility index (Phi) is 5.89. The number of aromatic nitrogens is 4. The van der Waals surface area contributed by atoms with Gasteiger partial charge < -0.3 is 4.57 Å². The summed E-state index contributed by atoms with van der Waals surface area (Å²) in [6.07, 6.45) is 1.04. The summed E-state index contributed by atoms with van der Waals surface area (Å²) in [7, 11) is 0. The fraction of sp³-hybridized carbons (Fsp3) is 0.208. The summed E-state index contributed by atoms with van der Waals surface area (Å²) in [6, 6.07) is 17.0. The molecule has 31 heavy (non-hydrogen) atoms. The maximum atomic E-state index is 4.85. The van der Waals surface area contributed by atoms with Crippen molar-refractivity contribution in [2.24, 2.45) is 0 Å². The van der Waals surface area contributed by atoms with Crippen molar-refractivity contribution in [1.82, 2.24) is 19.7 Å². The Morgan fingerprint density at radius 3 is 2.77 bits per heavy atom. The lowest BCUT2D eigenvalue weighted by atomic mass is 10.1.